The summed E-state index contributed by atoms with van der Waals surface area (Å²) in [4.78, 5) is 13.7. The predicted octanol–water partition coefficient (Wildman–Crippen LogP) is 3.50. The summed E-state index contributed by atoms with van der Waals surface area (Å²) in [5.74, 6) is 0.112. The van der Waals surface area contributed by atoms with Crippen molar-refractivity contribution in [2.24, 2.45) is 5.92 Å². The van der Waals surface area contributed by atoms with Gasteiger partial charge in [0.25, 0.3) is 0 Å². The third-order valence-electron chi connectivity index (χ3n) is 4.54. The lowest BCUT2D eigenvalue weighted by molar-refractivity contribution is 0.0986. The molecule has 2 aromatic carbocycles. The van der Waals surface area contributed by atoms with E-state index >= 15 is 0 Å². The van der Waals surface area contributed by atoms with Crippen LogP contribution in [0.25, 0.3) is 11.1 Å². The maximum atomic E-state index is 12.2. The van der Waals surface area contributed by atoms with E-state index in [0.29, 0.717) is 13.2 Å². The Kier molecular flexibility index (Phi) is 4.86. The first-order chi connectivity index (χ1) is 11.6. The molecule has 0 aromatic heterocycles. The standard InChI is InChI=1S/C20H23NO3/c1-14(12-22)11-21(2)20(23)24-13-19-17-9-5-3-7-15(17)16-8-4-6-10-18(16)19/h3-10,14,19,22H,11-13H2,1-2H3. The summed E-state index contributed by atoms with van der Waals surface area (Å²) in [7, 11) is 1.70. The number of aliphatic hydroxyl groups is 1. The average molecular weight is 325 g/mol. The Hall–Kier alpha value is -2.33. The Morgan fingerprint density at radius 3 is 2.21 bits per heavy atom. The van der Waals surface area contributed by atoms with Crippen LogP contribution in [0.5, 0.6) is 0 Å². The molecule has 4 nitrogen and oxygen atoms in total. The van der Waals surface area contributed by atoms with Gasteiger partial charge in [-0.05, 0) is 28.2 Å². The van der Waals surface area contributed by atoms with Crippen LogP contribution in [-0.4, -0.2) is 42.9 Å². The van der Waals surface area contributed by atoms with Crippen LogP contribution in [0.2, 0.25) is 0 Å². The molecule has 0 bridgehead atoms. The smallest absolute Gasteiger partial charge is 0.409 e. The molecule has 3 rings (SSSR count). The second kappa shape index (κ2) is 7.05. The fourth-order valence-electron chi connectivity index (χ4n) is 3.30. The molecular formula is C20H23NO3. The number of benzene rings is 2. The summed E-state index contributed by atoms with van der Waals surface area (Å²) in [6.45, 7) is 2.76. The second-order valence-electron chi connectivity index (χ2n) is 6.47. The molecular weight excluding hydrogens is 302 g/mol. The van der Waals surface area contributed by atoms with Gasteiger partial charge in [-0.3, -0.25) is 0 Å². The summed E-state index contributed by atoms with van der Waals surface area (Å²) in [6.07, 6.45) is -0.350. The van der Waals surface area contributed by atoms with Gasteiger partial charge < -0.3 is 14.7 Å². The summed E-state index contributed by atoms with van der Waals surface area (Å²) in [5.41, 5.74) is 4.85. The Bertz CT molecular complexity index is 683. The van der Waals surface area contributed by atoms with Crippen molar-refractivity contribution >= 4 is 6.09 Å². The number of aliphatic hydroxyl groups excluding tert-OH is 1. The molecule has 1 aliphatic rings. The number of ether oxygens (including phenoxy) is 1. The van der Waals surface area contributed by atoms with Crippen LogP contribution in [0.4, 0.5) is 4.79 Å². The minimum Gasteiger partial charge on any atom is -0.448 e. The van der Waals surface area contributed by atoms with Crippen LogP contribution in [0.15, 0.2) is 48.5 Å². The number of nitrogens with zero attached hydrogens (tertiary/aromatic N) is 1. The molecule has 0 aliphatic heterocycles. The van der Waals surface area contributed by atoms with Gasteiger partial charge in [-0.2, -0.15) is 0 Å². The van der Waals surface area contributed by atoms with Crippen LogP contribution in [0.1, 0.15) is 24.0 Å². The number of hydrogen-bond donors (Lipinski definition) is 1. The van der Waals surface area contributed by atoms with Crippen molar-refractivity contribution in [2.75, 3.05) is 26.8 Å². The molecule has 4 heteroatoms. The maximum absolute atomic E-state index is 12.2. The van der Waals surface area contributed by atoms with Crippen LogP contribution in [0, 0.1) is 5.92 Å². The van der Waals surface area contributed by atoms with E-state index in [1.807, 2.05) is 31.2 Å². The van der Waals surface area contributed by atoms with Crippen molar-refractivity contribution in [1.82, 2.24) is 4.90 Å². The lowest BCUT2D eigenvalue weighted by Gasteiger charge is -2.21. The molecule has 0 saturated heterocycles. The molecule has 0 radical (unpaired) electrons. The largest absolute Gasteiger partial charge is 0.448 e. The van der Waals surface area contributed by atoms with Gasteiger partial charge in [0, 0.05) is 26.1 Å². The molecule has 0 spiro atoms. The summed E-state index contributed by atoms with van der Waals surface area (Å²) in [6, 6.07) is 16.6. The van der Waals surface area contributed by atoms with Gasteiger partial charge in [-0.15, -0.1) is 0 Å². The SMILES string of the molecule is CC(CO)CN(C)C(=O)OCC1c2ccccc2-c2ccccc21. The van der Waals surface area contributed by atoms with Gasteiger partial charge in [0.15, 0.2) is 0 Å². The normalized spacial score (nSPS) is 14.0. The molecule has 1 unspecified atom stereocenters. The molecule has 0 fully saturated rings. The first-order valence-corrected chi connectivity index (χ1v) is 8.28. The van der Waals surface area contributed by atoms with Crippen molar-refractivity contribution in [1.29, 1.82) is 0 Å². The number of hydrogen-bond acceptors (Lipinski definition) is 3. The highest BCUT2D eigenvalue weighted by Crippen LogP contribution is 2.44. The highest BCUT2D eigenvalue weighted by atomic mass is 16.6. The average Bonchev–Trinajstić information content (AvgIpc) is 2.93. The molecule has 1 atom stereocenters. The first-order valence-electron chi connectivity index (χ1n) is 8.28. The van der Waals surface area contributed by atoms with E-state index in [1.165, 1.54) is 27.2 Å². The lowest BCUT2D eigenvalue weighted by atomic mass is 9.98. The van der Waals surface area contributed by atoms with E-state index in [-0.39, 0.29) is 24.5 Å². The van der Waals surface area contributed by atoms with Crippen LogP contribution in [0.3, 0.4) is 0 Å². The van der Waals surface area contributed by atoms with E-state index in [9.17, 15) is 4.79 Å². The van der Waals surface area contributed by atoms with Crippen molar-refractivity contribution in [3.8, 4) is 11.1 Å². The number of fused-ring (bicyclic) bond motifs is 3. The maximum Gasteiger partial charge on any atom is 0.409 e. The van der Waals surface area contributed by atoms with Crippen molar-refractivity contribution in [3.63, 3.8) is 0 Å². The first kappa shape index (κ1) is 16.5. The van der Waals surface area contributed by atoms with Crippen LogP contribution >= 0.6 is 0 Å². The van der Waals surface area contributed by atoms with Crippen molar-refractivity contribution in [2.45, 2.75) is 12.8 Å². The minimum atomic E-state index is -0.350. The number of carbonyl (C=O) groups is 1. The Labute approximate surface area is 142 Å². The van der Waals surface area contributed by atoms with Gasteiger partial charge in [0.05, 0.1) is 0 Å². The van der Waals surface area contributed by atoms with Crippen LogP contribution in [-0.2, 0) is 4.74 Å². The molecule has 1 N–H and O–H groups in total. The van der Waals surface area contributed by atoms with Gasteiger partial charge in [0.2, 0.25) is 0 Å². The van der Waals surface area contributed by atoms with Gasteiger partial charge in [0.1, 0.15) is 6.61 Å². The Balaban J connectivity index is 1.73. The molecule has 126 valence electrons. The molecule has 1 aliphatic carbocycles. The number of carbonyl (C=O) groups excluding carboxylic acids is 1. The molecule has 24 heavy (non-hydrogen) atoms. The zero-order chi connectivity index (χ0) is 17.1. The highest BCUT2D eigenvalue weighted by Gasteiger charge is 2.29. The van der Waals surface area contributed by atoms with E-state index in [1.54, 1.807) is 7.05 Å². The van der Waals surface area contributed by atoms with E-state index in [0.717, 1.165) is 0 Å². The summed E-state index contributed by atoms with van der Waals surface area (Å²) < 4.78 is 5.55. The van der Waals surface area contributed by atoms with Gasteiger partial charge in [-0.25, -0.2) is 4.79 Å². The number of amides is 1. The monoisotopic (exact) mass is 325 g/mol. The van der Waals surface area contributed by atoms with Crippen molar-refractivity contribution in [3.05, 3.63) is 59.7 Å². The van der Waals surface area contributed by atoms with E-state index in [2.05, 4.69) is 24.3 Å². The van der Waals surface area contributed by atoms with E-state index in [4.69, 9.17) is 9.84 Å². The fraction of sp³-hybridized carbons (Fsp3) is 0.350. The van der Waals surface area contributed by atoms with Crippen LogP contribution < -0.4 is 0 Å². The minimum absolute atomic E-state index is 0.0375. The zero-order valence-electron chi connectivity index (χ0n) is 14.1. The number of rotatable bonds is 5. The quantitative estimate of drug-likeness (QED) is 0.915. The van der Waals surface area contributed by atoms with Crippen molar-refractivity contribution < 1.29 is 14.6 Å². The molecule has 0 saturated carbocycles. The summed E-state index contributed by atoms with van der Waals surface area (Å²) in [5, 5.41) is 9.11. The Morgan fingerprint density at radius 1 is 1.12 bits per heavy atom. The summed E-state index contributed by atoms with van der Waals surface area (Å²) >= 11 is 0. The second-order valence-corrected chi connectivity index (χ2v) is 6.47. The zero-order valence-corrected chi connectivity index (χ0v) is 14.1. The third kappa shape index (κ3) is 3.15. The highest BCUT2D eigenvalue weighted by molar-refractivity contribution is 5.79. The molecule has 1 amide bonds. The predicted molar refractivity (Wildman–Crippen MR) is 93.9 cm³/mol. The Morgan fingerprint density at radius 2 is 1.67 bits per heavy atom. The van der Waals surface area contributed by atoms with Gasteiger partial charge in [-0.1, -0.05) is 55.5 Å². The fourth-order valence-corrected chi connectivity index (χ4v) is 3.30. The van der Waals surface area contributed by atoms with E-state index < -0.39 is 0 Å². The molecule has 2 aromatic rings. The molecule has 0 heterocycles. The lowest BCUT2D eigenvalue weighted by Crippen LogP contribution is -2.33. The third-order valence-corrected chi connectivity index (χ3v) is 4.54. The topological polar surface area (TPSA) is 49.8 Å². The van der Waals surface area contributed by atoms with Gasteiger partial charge >= 0.3 is 6.09 Å².